The van der Waals surface area contributed by atoms with Crippen LogP contribution in [0, 0.1) is 5.92 Å². The Balaban J connectivity index is 1.27. The smallest absolute Gasteiger partial charge is 0.247 e. The highest BCUT2D eigenvalue weighted by Gasteiger charge is 2.56. The average molecular weight is 425 g/mol. The summed E-state index contributed by atoms with van der Waals surface area (Å²) in [7, 11) is 0. The molecular weight excluding hydrogens is 396 g/mol. The van der Waals surface area contributed by atoms with Crippen LogP contribution in [0.4, 0.5) is 0 Å². The summed E-state index contributed by atoms with van der Waals surface area (Å²) >= 11 is 0. The van der Waals surface area contributed by atoms with Crippen molar-refractivity contribution >= 4 is 11.5 Å². The van der Waals surface area contributed by atoms with E-state index in [1.807, 2.05) is 23.7 Å². The van der Waals surface area contributed by atoms with Crippen LogP contribution < -0.4 is 5.48 Å². The summed E-state index contributed by atoms with van der Waals surface area (Å²) in [6.07, 6.45) is 3.38. The van der Waals surface area contributed by atoms with E-state index in [0.29, 0.717) is 0 Å². The third-order valence-corrected chi connectivity index (χ3v) is 6.83. The van der Waals surface area contributed by atoms with E-state index >= 15 is 0 Å². The second-order valence-electron chi connectivity index (χ2n) is 8.79. The normalized spacial score (nSPS) is 22.8. The van der Waals surface area contributed by atoms with Gasteiger partial charge in [-0.1, -0.05) is 91.0 Å². The molecule has 3 aromatic rings. The van der Waals surface area contributed by atoms with Crippen LogP contribution in [-0.4, -0.2) is 29.1 Å². The molecule has 3 atom stereocenters. The summed E-state index contributed by atoms with van der Waals surface area (Å²) in [5, 5.41) is 9.19. The molecule has 162 valence electrons. The van der Waals surface area contributed by atoms with Crippen molar-refractivity contribution in [3.05, 3.63) is 113 Å². The number of carbonyl (C=O) groups is 1. The van der Waals surface area contributed by atoms with Crippen LogP contribution in [0.1, 0.15) is 40.5 Å². The van der Waals surface area contributed by atoms with Crippen LogP contribution in [0.5, 0.6) is 0 Å². The third-order valence-electron chi connectivity index (χ3n) is 6.83. The molecule has 1 heterocycles. The molecule has 1 amide bonds. The Morgan fingerprint density at radius 2 is 1.50 bits per heavy atom. The zero-order valence-corrected chi connectivity index (χ0v) is 18.0. The van der Waals surface area contributed by atoms with Gasteiger partial charge in [0.15, 0.2) is 0 Å². The van der Waals surface area contributed by atoms with Gasteiger partial charge in [-0.15, -0.1) is 0 Å². The van der Waals surface area contributed by atoms with Crippen molar-refractivity contribution < 1.29 is 10.0 Å². The maximum Gasteiger partial charge on any atom is 0.247 e. The highest BCUT2D eigenvalue weighted by Crippen LogP contribution is 2.60. The zero-order chi connectivity index (χ0) is 21.9. The number of hydrogen-bond donors (Lipinski definition) is 2. The Morgan fingerprint density at radius 3 is 2.09 bits per heavy atom. The molecule has 3 aromatic carbocycles. The maximum absolute atomic E-state index is 12.2. The van der Waals surface area contributed by atoms with Crippen LogP contribution in [0.2, 0.25) is 0 Å². The van der Waals surface area contributed by atoms with Crippen LogP contribution in [-0.2, 0) is 11.3 Å². The molecule has 4 heteroatoms. The lowest BCUT2D eigenvalue weighted by Gasteiger charge is -2.26. The molecule has 0 spiro atoms. The molecule has 1 fully saturated rings. The molecule has 2 N–H and O–H groups in total. The van der Waals surface area contributed by atoms with Crippen molar-refractivity contribution in [1.29, 1.82) is 0 Å². The molecule has 1 aliphatic carbocycles. The zero-order valence-electron chi connectivity index (χ0n) is 18.0. The van der Waals surface area contributed by atoms with Gasteiger partial charge in [-0.3, -0.25) is 14.9 Å². The van der Waals surface area contributed by atoms with Gasteiger partial charge in [0, 0.05) is 31.5 Å². The third kappa shape index (κ3) is 4.24. The van der Waals surface area contributed by atoms with Crippen molar-refractivity contribution in [2.45, 2.75) is 24.8 Å². The fourth-order valence-electron chi connectivity index (χ4n) is 5.09. The van der Waals surface area contributed by atoms with Gasteiger partial charge < -0.3 is 0 Å². The Bertz CT molecular complexity index is 1090. The molecule has 5 rings (SSSR count). The van der Waals surface area contributed by atoms with Crippen molar-refractivity contribution in [2.75, 3.05) is 13.1 Å². The van der Waals surface area contributed by atoms with E-state index in [1.54, 1.807) is 0 Å². The lowest BCUT2D eigenvalue weighted by atomic mass is 9.96. The highest BCUT2D eigenvalue weighted by molar-refractivity contribution is 5.84. The fourth-order valence-corrected chi connectivity index (χ4v) is 5.09. The molecule has 0 radical (unpaired) electrons. The number of amides is 1. The predicted molar refractivity (Wildman–Crippen MR) is 126 cm³/mol. The Hall–Kier alpha value is -3.21. The first-order valence-electron chi connectivity index (χ1n) is 11.3. The summed E-state index contributed by atoms with van der Waals surface area (Å²) in [4.78, 5) is 14.7. The molecule has 4 nitrogen and oxygen atoms in total. The summed E-state index contributed by atoms with van der Waals surface area (Å²) in [5.41, 5.74) is 8.15. The van der Waals surface area contributed by atoms with E-state index < -0.39 is 0 Å². The number of carbonyl (C=O) groups excluding carboxylic acids is 1. The van der Waals surface area contributed by atoms with E-state index in [4.69, 9.17) is 0 Å². The second kappa shape index (κ2) is 9.11. The van der Waals surface area contributed by atoms with Crippen LogP contribution in [0.3, 0.4) is 0 Å². The van der Waals surface area contributed by atoms with Gasteiger partial charge in [-0.25, -0.2) is 5.48 Å². The van der Waals surface area contributed by atoms with Gasteiger partial charge in [0.2, 0.25) is 5.91 Å². The summed E-state index contributed by atoms with van der Waals surface area (Å²) in [6, 6.07) is 29.4. The van der Waals surface area contributed by atoms with Crippen LogP contribution in [0.25, 0.3) is 5.57 Å². The van der Waals surface area contributed by atoms with Crippen molar-refractivity contribution in [3.63, 3.8) is 0 Å². The van der Waals surface area contributed by atoms with E-state index in [-0.39, 0.29) is 23.7 Å². The first-order valence-corrected chi connectivity index (χ1v) is 11.3. The molecule has 32 heavy (non-hydrogen) atoms. The number of nitrogens with zero attached hydrogens (tertiary/aromatic N) is 1. The predicted octanol–water partition coefficient (Wildman–Crippen LogP) is 4.98. The van der Waals surface area contributed by atoms with E-state index in [0.717, 1.165) is 37.2 Å². The molecule has 1 aliphatic heterocycles. The van der Waals surface area contributed by atoms with Gasteiger partial charge in [-0.2, -0.15) is 0 Å². The Morgan fingerprint density at radius 1 is 0.875 bits per heavy atom. The molecule has 2 aliphatic rings. The topological polar surface area (TPSA) is 52.6 Å². The van der Waals surface area contributed by atoms with Crippen molar-refractivity contribution in [1.82, 2.24) is 10.4 Å². The lowest BCUT2D eigenvalue weighted by Crippen LogP contribution is -2.27. The minimum absolute atomic E-state index is 0.0975. The minimum Gasteiger partial charge on any atom is -0.295 e. The van der Waals surface area contributed by atoms with E-state index in [2.05, 4.69) is 77.7 Å². The number of rotatable bonds is 6. The van der Waals surface area contributed by atoms with Crippen LogP contribution in [0.15, 0.2) is 91.0 Å². The highest BCUT2D eigenvalue weighted by atomic mass is 16.5. The first kappa shape index (κ1) is 20.7. The monoisotopic (exact) mass is 424 g/mol. The van der Waals surface area contributed by atoms with Crippen LogP contribution >= 0.6 is 0 Å². The molecule has 1 saturated carbocycles. The Kier molecular flexibility index (Phi) is 5.89. The largest absolute Gasteiger partial charge is 0.295 e. The SMILES string of the molecule is O=C(NO)[C@@H]1[C@H](c2ccccc2)[C@H]1c1ccc(C2=CCN(Cc3ccccc3)CC2)cc1. The molecule has 0 aromatic heterocycles. The summed E-state index contributed by atoms with van der Waals surface area (Å²) < 4.78 is 0. The molecule has 0 bridgehead atoms. The quantitative estimate of drug-likeness (QED) is 0.434. The molecule has 0 saturated heterocycles. The van der Waals surface area contributed by atoms with Gasteiger partial charge in [-0.05, 0) is 34.2 Å². The van der Waals surface area contributed by atoms with Gasteiger partial charge in [0.25, 0.3) is 0 Å². The minimum atomic E-state index is -0.304. The van der Waals surface area contributed by atoms with E-state index in [1.165, 1.54) is 16.7 Å². The van der Waals surface area contributed by atoms with Gasteiger partial charge in [0.1, 0.15) is 0 Å². The summed E-state index contributed by atoms with van der Waals surface area (Å²) in [5.74, 6) is -0.329. The van der Waals surface area contributed by atoms with Gasteiger partial charge >= 0.3 is 0 Å². The number of hydrogen-bond acceptors (Lipinski definition) is 3. The standard InChI is InChI=1S/C28H28N2O2/c31-28(29-32)27-25(23-9-5-2-6-10-23)26(27)24-13-11-21(12-14-24)22-15-17-30(18-16-22)19-20-7-3-1-4-8-20/h1-15,25-27,32H,16-19H2,(H,29,31)/t25-,26-,27-/m1/s1. The fraction of sp³-hybridized carbons (Fsp3) is 0.250. The number of nitrogens with one attached hydrogen (secondary N) is 1. The van der Waals surface area contributed by atoms with Crippen molar-refractivity contribution in [2.24, 2.45) is 5.92 Å². The van der Waals surface area contributed by atoms with Gasteiger partial charge in [0.05, 0.1) is 5.92 Å². The lowest BCUT2D eigenvalue weighted by molar-refractivity contribution is -0.130. The average Bonchev–Trinajstić information content (AvgIpc) is 3.61. The first-order chi connectivity index (χ1) is 15.7. The van der Waals surface area contributed by atoms with Crippen molar-refractivity contribution in [3.8, 4) is 0 Å². The number of benzene rings is 3. The second-order valence-corrected chi connectivity index (χ2v) is 8.79. The Labute approximate surface area is 189 Å². The van der Waals surface area contributed by atoms with E-state index in [9.17, 15) is 10.0 Å². The maximum atomic E-state index is 12.2. The summed E-state index contributed by atoms with van der Waals surface area (Å²) in [6.45, 7) is 3.00. The number of hydroxylamine groups is 1. The molecule has 0 unspecified atom stereocenters. The molecular formula is C28H28N2O2.